The first kappa shape index (κ1) is 17.3. The molecular formula is C14H19ClN2O4. The van der Waals surface area contributed by atoms with Crippen LogP contribution in [0.5, 0.6) is 5.75 Å². The molecule has 0 bridgehead atoms. The third-order valence-electron chi connectivity index (χ3n) is 2.74. The summed E-state index contributed by atoms with van der Waals surface area (Å²) in [5, 5.41) is 3.11. The number of methoxy groups -OCH3 is 2. The number of rotatable bonds is 7. The Balaban J connectivity index is 2.89. The van der Waals surface area contributed by atoms with E-state index < -0.39 is 0 Å². The predicted molar refractivity (Wildman–Crippen MR) is 80.9 cm³/mol. The predicted octanol–water partition coefficient (Wildman–Crippen LogP) is 1.46. The van der Waals surface area contributed by atoms with Gasteiger partial charge in [-0.2, -0.15) is 0 Å². The summed E-state index contributed by atoms with van der Waals surface area (Å²) in [6.07, 6.45) is 0. The Morgan fingerprint density at radius 2 is 2.05 bits per heavy atom. The van der Waals surface area contributed by atoms with Crippen LogP contribution < -0.4 is 15.0 Å². The van der Waals surface area contributed by atoms with E-state index >= 15 is 0 Å². The van der Waals surface area contributed by atoms with Crippen LogP contribution in [0.3, 0.4) is 0 Å². The average molecular weight is 315 g/mol. The third kappa shape index (κ3) is 5.24. The van der Waals surface area contributed by atoms with Gasteiger partial charge in [0.1, 0.15) is 12.3 Å². The summed E-state index contributed by atoms with van der Waals surface area (Å²) in [5.74, 6) is -0.0963. The summed E-state index contributed by atoms with van der Waals surface area (Å²) in [6, 6.07) is 4.89. The molecule has 116 valence electrons. The fourth-order valence-electron chi connectivity index (χ4n) is 1.73. The summed E-state index contributed by atoms with van der Waals surface area (Å²) in [5.41, 5.74) is 0.458. The zero-order valence-electron chi connectivity index (χ0n) is 12.3. The van der Waals surface area contributed by atoms with Gasteiger partial charge in [-0.05, 0) is 18.2 Å². The second-order valence-electron chi connectivity index (χ2n) is 4.26. The highest BCUT2D eigenvalue weighted by atomic mass is 35.5. The van der Waals surface area contributed by atoms with Crippen LogP contribution >= 0.6 is 11.6 Å². The van der Waals surface area contributed by atoms with E-state index in [0.29, 0.717) is 29.6 Å². The highest BCUT2D eigenvalue weighted by Crippen LogP contribution is 2.31. The van der Waals surface area contributed by atoms with Gasteiger partial charge in [-0.1, -0.05) is 11.6 Å². The molecule has 0 saturated heterocycles. The quantitative estimate of drug-likeness (QED) is 0.774. The minimum Gasteiger partial charge on any atom is -0.495 e. The first-order chi connectivity index (χ1) is 9.99. The summed E-state index contributed by atoms with van der Waals surface area (Å²) < 4.78 is 10.1. The van der Waals surface area contributed by atoms with Crippen molar-refractivity contribution < 1.29 is 19.1 Å². The van der Waals surface area contributed by atoms with E-state index in [1.54, 1.807) is 25.3 Å². The molecule has 0 spiro atoms. The van der Waals surface area contributed by atoms with Crippen LogP contribution in [0.25, 0.3) is 0 Å². The Kier molecular flexibility index (Phi) is 6.98. The zero-order valence-corrected chi connectivity index (χ0v) is 13.1. The maximum absolute atomic E-state index is 11.9. The van der Waals surface area contributed by atoms with Gasteiger partial charge in [0.15, 0.2) is 0 Å². The number of hydrogen-bond acceptors (Lipinski definition) is 4. The van der Waals surface area contributed by atoms with Crippen molar-refractivity contribution in [1.82, 2.24) is 5.32 Å². The molecule has 0 saturated carbocycles. The summed E-state index contributed by atoms with van der Waals surface area (Å²) in [6.45, 7) is 2.05. The van der Waals surface area contributed by atoms with E-state index in [4.69, 9.17) is 21.1 Å². The van der Waals surface area contributed by atoms with Crippen LogP contribution in [-0.4, -0.2) is 45.7 Å². The van der Waals surface area contributed by atoms with E-state index in [1.807, 2.05) is 0 Å². The topological polar surface area (TPSA) is 67.9 Å². The Morgan fingerprint density at radius 1 is 1.33 bits per heavy atom. The molecule has 1 N–H and O–H groups in total. The van der Waals surface area contributed by atoms with Crippen molar-refractivity contribution >= 4 is 29.1 Å². The molecule has 0 aromatic heterocycles. The molecule has 0 aliphatic rings. The monoisotopic (exact) mass is 314 g/mol. The molecule has 0 atom stereocenters. The molecule has 1 rings (SSSR count). The molecule has 0 fully saturated rings. The smallest absolute Gasteiger partial charge is 0.240 e. The van der Waals surface area contributed by atoms with Gasteiger partial charge in [0.05, 0.1) is 19.4 Å². The van der Waals surface area contributed by atoms with Gasteiger partial charge >= 0.3 is 0 Å². The van der Waals surface area contributed by atoms with Crippen molar-refractivity contribution in [3.63, 3.8) is 0 Å². The molecule has 1 aromatic rings. The van der Waals surface area contributed by atoms with E-state index in [0.717, 1.165) is 0 Å². The van der Waals surface area contributed by atoms with Crippen LogP contribution in [0.4, 0.5) is 5.69 Å². The molecule has 1 aromatic carbocycles. The van der Waals surface area contributed by atoms with Crippen LogP contribution in [0.15, 0.2) is 18.2 Å². The van der Waals surface area contributed by atoms with Gasteiger partial charge in [0.25, 0.3) is 0 Å². The molecule has 21 heavy (non-hydrogen) atoms. The second-order valence-corrected chi connectivity index (χ2v) is 4.70. The molecule has 7 heteroatoms. The van der Waals surface area contributed by atoms with Crippen LogP contribution in [-0.2, 0) is 14.3 Å². The standard InChI is InChI=1S/C14H19ClN2O4/c1-10(18)17(9-14(19)16-6-7-20-2)12-8-11(15)4-5-13(12)21-3/h4-5,8H,6-7,9H2,1-3H3,(H,16,19). The Bertz CT molecular complexity index is 508. The highest BCUT2D eigenvalue weighted by Gasteiger charge is 2.19. The summed E-state index contributed by atoms with van der Waals surface area (Å²) in [7, 11) is 3.04. The minimum atomic E-state index is -0.288. The van der Waals surface area contributed by atoms with Gasteiger partial charge in [-0.15, -0.1) is 0 Å². The summed E-state index contributed by atoms with van der Waals surface area (Å²) in [4.78, 5) is 25.0. The van der Waals surface area contributed by atoms with Crippen LogP contribution in [0.2, 0.25) is 5.02 Å². The number of nitrogens with zero attached hydrogens (tertiary/aromatic N) is 1. The van der Waals surface area contributed by atoms with Crippen molar-refractivity contribution in [2.24, 2.45) is 0 Å². The van der Waals surface area contributed by atoms with E-state index in [1.165, 1.54) is 18.9 Å². The number of halogens is 1. The van der Waals surface area contributed by atoms with Gasteiger partial charge in [0.2, 0.25) is 11.8 Å². The largest absolute Gasteiger partial charge is 0.495 e. The lowest BCUT2D eigenvalue weighted by molar-refractivity contribution is -0.123. The Morgan fingerprint density at radius 3 is 2.62 bits per heavy atom. The van der Waals surface area contributed by atoms with Crippen molar-refractivity contribution in [1.29, 1.82) is 0 Å². The number of hydrogen-bond donors (Lipinski definition) is 1. The van der Waals surface area contributed by atoms with Gasteiger partial charge in [0, 0.05) is 25.6 Å². The van der Waals surface area contributed by atoms with Crippen molar-refractivity contribution in [2.75, 3.05) is 38.8 Å². The molecule has 0 heterocycles. The van der Waals surface area contributed by atoms with Gasteiger partial charge in [-0.25, -0.2) is 0 Å². The third-order valence-corrected chi connectivity index (χ3v) is 2.98. The maximum atomic E-state index is 11.9. The number of amides is 2. The first-order valence-corrected chi connectivity index (χ1v) is 6.74. The zero-order chi connectivity index (χ0) is 15.8. The van der Waals surface area contributed by atoms with Crippen molar-refractivity contribution in [3.8, 4) is 5.75 Å². The van der Waals surface area contributed by atoms with E-state index in [9.17, 15) is 9.59 Å². The first-order valence-electron chi connectivity index (χ1n) is 6.37. The second kappa shape index (κ2) is 8.49. The Hall–Kier alpha value is -1.79. The van der Waals surface area contributed by atoms with E-state index in [2.05, 4.69) is 5.32 Å². The van der Waals surface area contributed by atoms with Crippen molar-refractivity contribution in [3.05, 3.63) is 23.2 Å². The molecule has 0 aliphatic carbocycles. The van der Waals surface area contributed by atoms with E-state index in [-0.39, 0.29) is 18.4 Å². The molecule has 2 amide bonds. The number of carbonyl (C=O) groups is 2. The lowest BCUT2D eigenvalue weighted by Crippen LogP contribution is -2.40. The highest BCUT2D eigenvalue weighted by molar-refractivity contribution is 6.31. The van der Waals surface area contributed by atoms with Crippen LogP contribution in [0.1, 0.15) is 6.92 Å². The summed E-state index contributed by atoms with van der Waals surface area (Å²) >= 11 is 5.95. The fourth-order valence-corrected chi connectivity index (χ4v) is 1.90. The molecule has 6 nitrogen and oxygen atoms in total. The molecule has 0 radical (unpaired) electrons. The number of nitrogens with one attached hydrogen (secondary N) is 1. The number of ether oxygens (including phenoxy) is 2. The van der Waals surface area contributed by atoms with Gasteiger partial charge < -0.3 is 14.8 Å². The minimum absolute atomic E-state index is 0.115. The molecular weight excluding hydrogens is 296 g/mol. The normalized spacial score (nSPS) is 10.1. The van der Waals surface area contributed by atoms with Crippen LogP contribution in [0, 0.1) is 0 Å². The molecule has 0 unspecified atom stereocenters. The lowest BCUT2D eigenvalue weighted by atomic mass is 10.2. The molecule has 0 aliphatic heterocycles. The van der Waals surface area contributed by atoms with Gasteiger partial charge in [-0.3, -0.25) is 14.5 Å². The number of anilines is 1. The SMILES string of the molecule is COCCNC(=O)CN(C(C)=O)c1cc(Cl)ccc1OC. The Labute approximate surface area is 129 Å². The number of benzene rings is 1. The average Bonchev–Trinajstić information content (AvgIpc) is 2.44. The fraction of sp³-hybridized carbons (Fsp3) is 0.429. The van der Waals surface area contributed by atoms with Crippen molar-refractivity contribution in [2.45, 2.75) is 6.92 Å². The number of carbonyl (C=O) groups excluding carboxylic acids is 2. The maximum Gasteiger partial charge on any atom is 0.240 e. The lowest BCUT2D eigenvalue weighted by Gasteiger charge is -2.23.